The first-order valence-corrected chi connectivity index (χ1v) is 8.40. The predicted octanol–water partition coefficient (Wildman–Crippen LogP) is 2.18. The molecule has 2 amide bonds. The second-order valence-electron chi connectivity index (χ2n) is 6.06. The van der Waals surface area contributed by atoms with Gasteiger partial charge in [0.25, 0.3) is 5.91 Å². The molecule has 1 aliphatic rings. The molecule has 0 saturated carbocycles. The zero-order valence-electron chi connectivity index (χ0n) is 14.5. The maximum absolute atomic E-state index is 12.4. The lowest BCUT2D eigenvalue weighted by atomic mass is 9.82. The third-order valence-electron chi connectivity index (χ3n) is 4.69. The monoisotopic (exact) mass is 345 g/mol. The van der Waals surface area contributed by atoms with E-state index in [4.69, 9.17) is 0 Å². The number of nitrogens with one attached hydrogen (secondary N) is 1. The summed E-state index contributed by atoms with van der Waals surface area (Å²) in [7, 11) is 0. The third kappa shape index (κ3) is 4.04. The van der Waals surface area contributed by atoms with Gasteiger partial charge in [-0.2, -0.15) is 5.10 Å². The Morgan fingerprint density at radius 3 is 2.40 bits per heavy atom. The molecular formula is C18H23N3O4. The number of carbonyl (C=O) groups is 3. The lowest BCUT2D eigenvalue weighted by Crippen LogP contribution is -2.46. The van der Waals surface area contributed by atoms with Gasteiger partial charge in [0.1, 0.15) is 5.71 Å². The average Bonchev–Trinajstić information content (AvgIpc) is 2.63. The van der Waals surface area contributed by atoms with E-state index in [9.17, 15) is 19.5 Å². The quantitative estimate of drug-likeness (QED) is 0.791. The molecule has 2 rings (SSSR count). The largest absolute Gasteiger partial charge is 0.481 e. The molecule has 0 saturated heterocycles. The molecule has 7 nitrogen and oxygen atoms in total. The van der Waals surface area contributed by atoms with Crippen molar-refractivity contribution in [2.45, 2.75) is 39.5 Å². The average molecular weight is 345 g/mol. The second kappa shape index (κ2) is 7.92. The van der Waals surface area contributed by atoms with Crippen LogP contribution in [0.1, 0.15) is 39.5 Å². The molecule has 0 atom stereocenters. The Morgan fingerprint density at radius 1 is 1.20 bits per heavy atom. The number of carboxylic acids is 1. The van der Waals surface area contributed by atoms with Gasteiger partial charge in [-0.05, 0) is 25.0 Å². The minimum absolute atomic E-state index is 0.0342. The van der Waals surface area contributed by atoms with Crippen LogP contribution in [0.5, 0.6) is 0 Å². The van der Waals surface area contributed by atoms with Crippen molar-refractivity contribution in [3.8, 4) is 0 Å². The van der Waals surface area contributed by atoms with E-state index >= 15 is 0 Å². The van der Waals surface area contributed by atoms with Crippen LogP contribution in [-0.2, 0) is 14.4 Å². The maximum atomic E-state index is 12.4. The Balaban J connectivity index is 2.13. The van der Waals surface area contributed by atoms with E-state index in [1.807, 2.05) is 6.07 Å². The molecule has 0 aliphatic carbocycles. The summed E-state index contributed by atoms with van der Waals surface area (Å²) < 4.78 is 0. The topological polar surface area (TPSA) is 99.1 Å². The Bertz CT molecular complexity index is 681. The van der Waals surface area contributed by atoms with Gasteiger partial charge in [0.2, 0.25) is 5.91 Å². The zero-order chi connectivity index (χ0) is 18.4. The minimum Gasteiger partial charge on any atom is -0.481 e. The zero-order valence-corrected chi connectivity index (χ0v) is 14.5. The fraction of sp³-hybridized carbons (Fsp3) is 0.444. The molecular weight excluding hydrogens is 322 g/mol. The van der Waals surface area contributed by atoms with Gasteiger partial charge in [0.15, 0.2) is 0 Å². The molecule has 1 aliphatic heterocycles. The van der Waals surface area contributed by atoms with E-state index in [0.717, 1.165) is 0 Å². The first kappa shape index (κ1) is 18.6. The van der Waals surface area contributed by atoms with Gasteiger partial charge < -0.3 is 10.4 Å². The highest BCUT2D eigenvalue weighted by Crippen LogP contribution is 2.26. The van der Waals surface area contributed by atoms with E-state index in [-0.39, 0.29) is 31.0 Å². The lowest BCUT2D eigenvalue weighted by Gasteiger charge is -2.28. The maximum Gasteiger partial charge on any atom is 0.311 e. The highest BCUT2D eigenvalue weighted by Gasteiger charge is 2.36. The number of carboxylic acid groups (broad SMARTS) is 1. The first-order valence-electron chi connectivity index (χ1n) is 8.40. The molecule has 0 spiro atoms. The van der Waals surface area contributed by atoms with Gasteiger partial charge in [-0.15, -0.1) is 0 Å². The Morgan fingerprint density at radius 2 is 1.84 bits per heavy atom. The summed E-state index contributed by atoms with van der Waals surface area (Å²) in [4.78, 5) is 36.0. The van der Waals surface area contributed by atoms with Crippen LogP contribution in [0, 0.1) is 5.41 Å². The summed E-state index contributed by atoms with van der Waals surface area (Å²) in [6.45, 7) is 3.61. The van der Waals surface area contributed by atoms with Crippen LogP contribution >= 0.6 is 0 Å². The van der Waals surface area contributed by atoms with Crippen LogP contribution in [0.15, 0.2) is 35.4 Å². The Labute approximate surface area is 146 Å². The van der Waals surface area contributed by atoms with Gasteiger partial charge in [-0.1, -0.05) is 32.0 Å². The molecule has 134 valence electrons. The Hall–Kier alpha value is -2.70. The summed E-state index contributed by atoms with van der Waals surface area (Å²) in [6.07, 6.45) is 1.26. The van der Waals surface area contributed by atoms with Crippen LogP contribution in [0.3, 0.4) is 0 Å². The van der Waals surface area contributed by atoms with Gasteiger partial charge in [-0.25, -0.2) is 5.01 Å². The number of anilines is 1. The summed E-state index contributed by atoms with van der Waals surface area (Å²) >= 11 is 0. The lowest BCUT2D eigenvalue weighted by molar-refractivity contribution is -0.149. The second-order valence-corrected chi connectivity index (χ2v) is 6.06. The van der Waals surface area contributed by atoms with Crippen LogP contribution in [0.2, 0.25) is 0 Å². The van der Waals surface area contributed by atoms with Crippen molar-refractivity contribution >= 4 is 29.2 Å². The number of para-hydroxylation sites is 1. The van der Waals surface area contributed by atoms with Crippen LogP contribution < -0.4 is 10.3 Å². The van der Waals surface area contributed by atoms with Gasteiger partial charge >= 0.3 is 5.97 Å². The van der Waals surface area contributed by atoms with E-state index in [0.29, 0.717) is 18.5 Å². The molecule has 0 unspecified atom stereocenters. The van der Waals surface area contributed by atoms with Crippen molar-refractivity contribution < 1.29 is 19.5 Å². The van der Waals surface area contributed by atoms with E-state index in [2.05, 4.69) is 10.4 Å². The number of hydrazone groups is 1. The van der Waals surface area contributed by atoms with Gasteiger partial charge in [0.05, 0.1) is 11.1 Å². The number of hydrogen-bond acceptors (Lipinski definition) is 4. The molecule has 1 aromatic rings. The number of rotatable bonds is 7. The van der Waals surface area contributed by atoms with E-state index in [1.165, 1.54) is 5.01 Å². The van der Waals surface area contributed by atoms with Crippen LogP contribution in [0.25, 0.3) is 0 Å². The molecule has 0 fully saturated rings. The summed E-state index contributed by atoms with van der Waals surface area (Å²) in [5.41, 5.74) is -0.158. The molecule has 0 radical (unpaired) electrons. The normalized spacial score (nSPS) is 14.9. The van der Waals surface area contributed by atoms with Gasteiger partial charge in [-0.3, -0.25) is 14.4 Å². The van der Waals surface area contributed by atoms with Gasteiger partial charge in [0, 0.05) is 19.4 Å². The fourth-order valence-electron chi connectivity index (χ4n) is 2.72. The first-order chi connectivity index (χ1) is 11.9. The molecule has 1 aromatic carbocycles. The highest BCUT2D eigenvalue weighted by atomic mass is 16.4. The molecule has 7 heteroatoms. The van der Waals surface area contributed by atoms with Crippen LogP contribution in [0.4, 0.5) is 5.69 Å². The molecule has 2 N–H and O–H groups in total. The van der Waals surface area contributed by atoms with E-state index < -0.39 is 17.3 Å². The number of carbonyl (C=O) groups excluding carboxylic acids is 2. The molecule has 0 aromatic heterocycles. The summed E-state index contributed by atoms with van der Waals surface area (Å²) in [6, 6.07) is 8.89. The van der Waals surface area contributed by atoms with E-state index in [1.54, 1.807) is 38.1 Å². The number of nitrogens with zero attached hydrogens (tertiary/aromatic N) is 2. The number of aliphatic carboxylic acids is 1. The van der Waals surface area contributed by atoms with Crippen LogP contribution in [-0.4, -0.2) is 35.1 Å². The smallest absolute Gasteiger partial charge is 0.311 e. The third-order valence-corrected chi connectivity index (χ3v) is 4.69. The van der Waals surface area contributed by atoms with Crippen molar-refractivity contribution in [1.82, 2.24) is 5.32 Å². The van der Waals surface area contributed by atoms with Crippen molar-refractivity contribution in [2.75, 3.05) is 11.6 Å². The summed E-state index contributed by atoms with van der Waals surface area (Å²) in [5, 5.41) is 17.5. The SMILES string of the molecule is CCC(CC)(CNC(=O)C1=NN(c2ccccc2)C(=O)CC1)C(=O)O. The molecule has 0 bridgehead atoms. The standard InChI is InChI=1S/C18H23N3O4/c1-3-18(4-2,17(24)25)12-19-16(23)14-10-11-15(22)21(20-14)13-8-6-5-7-9-13/h5-9H,3-4,10-12H2,1-2H3,(H,19,23)(H,24,25). The number of amides is 2. The number of hydrogen-bond donors (Lipinski definition) is 2. The minimum atomic E-state index is -0.986. The fourth-order valence-corrected chi connectivity index (χ4v) is 2.72. The highest BCUT2D eigenvalue weighted by molar-refractivity contribution is 6.40. The van der Waals surface area contributed by atoms with Crippen molar-refractivity contribution in [3.63, 3.8) is 0 Å². The van der Waals surface area contributed by atoms with Crippen molar-refractivity contribution in [1.29, 1.82) is 0 Å². The summed E-state index contributed by atoms with van der Waals surface area (Å²) in [5.74, 6) is -1.53. The predicted molar refractivity (Wildman–Crippen MR) is 94.3 cm³/mol. The number of benzene rings is 1. The van der Waals surface area contributed by atoms with Crippen molar-refractivity contribution in [2.24, 2.45) is 10.5 Å². The Kier molecular flexibility index (Phi) is 5.90. The molecule has 1 heterocycles. The van der Waals surface area contributed by atoms with Crippen molar-refractivity contribution in [3.05, 3.63) is 30.3 Å². The molecule has 25 heavy (non-hydrogen) atoms.